The van der Waals surface area contributed by atoms with Crippen LogP contribution in [0.2, 0.25) is 0 Å². The van der Waals surface area contributed by atoms with Crippen LogP contribution >= 0.6 is 0 Å². The van der Waals surface area contributed by atoms with E-state index in [9.17, 15) is 9.18 Å². The number of hydrogen-bond acceptors (Lipinski definition) is 4. The number of carbonyl (C=O) groups excluding carboxylic acids is 1. The first-order valence-electron chi connectivity index (χ1n) is 6.14. The van der Waals surface area contributed by atoms with Gasteiger partial charge in [0.25, 0.3) is 5.91 Å². The van der Waals surface area contributed by atoms with Gasteiger partial charge >= 0.3 is 0 Å². The Hall–Kier alpha value is -1.66. The summed E-state index contributed by atoms with van der Waals surface area (Å²) in [5, 5.41) is 3.21. The van der Waals surface area contributed by atoms with E-state index in [1.54, 1.807) is 0 Å². The van der Waals surface area contributed by atoms with Crippen molar-refractivity contribution < 1.29 is 18.7 Å². The first-order valence-corrected chi connectivity index (χ1v) is 6.14. The average Bonchev–Trinajstić information content (AvgIpc) is 2.37. The molecule has 0 aromatic heterocycles. The van der Waals surface area contributed by atoms with Crippen molar-refractivity contribution in [1.82, 2.24) is 5.32 Å². The zero-order valence-electron chi connectivity index (χ0n) is 10.7. The van der Waals surface area contributed by atoms with Crippen LogP contribution in [0.15, 0.2) is 18.2 Å². The Balaban J connectivity index is 2.01. The fourth-order valence-electron chi connectivity index (χ4n) is 1.97. The molecule has 3 N–H and O–H groups in total. The van der Waals surface area contributed by atoms with Gasteiger partial charge < -0.3 is 20.5 Å². The summed E-state index contributed by atoms with van der Waals surface area (Å²) in [6, 6.07) is 3.69. The molecule has 0 radical (unpaired) electrons. The number of primary amides is 1. The molecule has 1 fully saturated rings. The van der Waals surface area contributed by atoms with Gasteiger partial charge in [-0.05, 0) is 25.1 Å². The molecule has 104 valence electrons. The molecular formula is C13H17FN2O3. The highest BCUT2D eigenvalue weighted by Crippen LogP contribution is 2.20. The highest BCUT2D eigenvalue weighted by atomic mass is 19.1. The lowest BCUT2D eigenvalue weighted by atomic mass is 10.2. The van der Waals surface area contributed by atoms with Gasteiger partial charge in [0.1, 0.15) is 24.3 Å². The molecule has 2 rings (SSSR count). The second-order valence-corrected chi connectivity index (χ2v) is 4.54. The molecule has 1 aromatic carbocycles. The lowest BCUT2D eigenvalue weighted by molar-refractivity contribution is -0.0471. The number of amides is 1. The van der Waals surface area contributed by atoms with Crippen LogP contribution < -0.4 is 15.8 Å². The summed E-state index contributed by atoms with van der Waals surface area (Å²) in [7, 11) is 0. The number of nitrogens with two attached hydrogens (primary N) is 1. The Kier molecular flexibility index (Phi) is 4.34. The van der Waals surface area contributed by atoms with Gasteiger partial charge in [-0.1, -0.05) is 0 Å². The minimum absolute atomic E-state index is 0.0387. The van der Waals surface area contributed by atoms with Crippen molar-refractivity contribution in [2.75, 3.05) is 19.7 Å². The second-order valence-electron chi connectivity index (χ2n) is 4.54. The van der Waals surface area contributed by atoms with Gasteiger partial charge in [-0.3, -0.25) is 4.79 Å². The van der Waals surface area contributed by atoms with Crippen molar-refractivity contribution in [2.24, 2.45) is 5.73 Å². The number of hydrogen-bond donors (Lipinski definition) is 2. The zero-order valence-corrected chi connectivity index (χ0v) is 10.7. The van der Waals surface area contributed by atoms with Gasteiger partial charge in [-0.15, -0.1) is 0 Å². The first-order chi connectivity index (χ1) is 9.06. The SMILES string of the molecule is CC1CNCC(COc2ccc(F)cc2C(N)=O)O1. The molecule has 2 atom stereocenters. The number of benzene rings is 1. The average molecular weight is 268 g/mol. The van der Waals surface area contributed by atoms with Crippen LogP contribution in [0, 0.1) is 5.82 Å². The predicted molar refractivity (Wildman–Crippen MR) is 67.6 cm³/mol. The zero-order chi connectivity index (χ0) is 13.8. The Morgan fingerprint density at radius 2 is 2.37 bits per heavy atom. The summed E-state index contributed by atoms with van der Waals surface area (Å²) >= 11 is 0. The molecule has 1 aliphatic heterocycles. The molecule has 1 saturated heterocycles. The van der Waals surface area contributed by atoms with E-state index < -0.39 is 11.7 Å². The number of nitrogens with one attached hydrogen (secondary N) is 1. The summed E-state index contributed by atoms with van der Waals surface area (Å²) in [5.41, 5.74) is 5.22. The highest BCUT2D eigenvalue weighted by molar-refractivity contribution is 5.95. The van der Waals surface area contributed by atoms with Crippen LogP contribution in [0.3, 0.4) is 0 Å². The largest absolute Gasteiger partial charge is 0.490 e. The van der Waals surface area contributed by atoms with Gasteiger partial charge in [0, 0.05) is 13.1 Å². The lowest BCUT2D eigenvalue weighted by Crippen LogP contribution is -2.45. The molecule has 19 heavy (non-hydrogen) atoms. The van der Waals surface area contributed by atoms with Gasteiger partial charge in [-0.2, -0.15) is 0 Å². The Morgan fingerprint density at radius 1 is 1.58 bits per heavy atom. The third kappa shape index (κ3) is 3.65. The van der Waals surface area contributed by atoms with E-state index in [1.165, 1.54) is 12.1 Å². The molecule has 6 heteroatoms. The molecule has 0 bridgehead atoms. The van der Waals surface area contributed by atoms with Gasteiger partial charge in [0.15, 0.2) is 0 Å². The summed E-state index contributed by atoms with van der Waals surface area (Å²) < 4.78 is 24.2. The molecule has 1 aliphatic rings. The standard InChI is InChI=1S/C13H17FN2O3/c1-8-5-16-6-10(19-8)7-18-12-3-2-9(14)4-11(12)13(15)17/h2-4,8,10,16H,5-7H2,1H3,(H2,15,17). The van der Waals surface area contributed by atoms with Crippen molar-refractivity contribution in [1.29, 1.82) is 0 Å². The maximum Gasteiger partial charge on any atom is 0.252 e. The van der Waals surface area contributed by atoms with Crippen LogP contribution in [0.4, 0.5) is 4.39 Å². The molecule has 0 spiro atoms. The maximum absolute atomic E-state index is 13.1. The van der Waals surface area contributed by atoms with Crippen molar-refractivity contribution in [2.45, 2.75) is 19.1 Å². The number of halogens is 1. The van der Waals surface area contributed by atoms with Crippen molar-refractivity contribution in [3.63, 3.8) is 0 Å². The number of rotatable bonds is 4. The smallest absolute Gasteiger partial charge is 0.252 e. The fraction of sp³-hybridized carbons (Fsp3) is 0.462. The van der Waals surface area contributed by atoms with E-state index in [1.807, 2.05) is 6.92 Å². The number of carbonyl (C=O) groups is 1. The van der Waals surface area contributed by atoms with E-state index in [4.69, 9.17) is 15.2 Å². The minimum Gasteiger partial charge on any atom is -0.490 e. The molecule has 1 aromatic rings. The van der Waals surface area contributed by atoms with E-state index in [0.29, 0.717) is 6.54 Å². The summed E-state index contributed by atoms with van der Waals surface area (Å²) in [6.45, 7) is 3.73. The van der Waals surface area contributed by atoms with E-state index in [-0.39, 0.29) is 30.1 Å². The second kappa shape index (κ2) is 5.99. The summed E-state index contributed by atoms with van der Waals surface area (Å²) in [6.07, 6.45) is 0.0145. The predicted octanol–water partition coefficient (Wildman–Crippen LogP) is 0.680. The number of morpholine rings is 1. The van der Waals surface area contributed by atoms with Crippen LogP contribution in [0.1, 0.15) is 17.3 Å². The Bertz CT molecular complexity index is 467. The topological polar surface area (TPSA) is 73.6 Å². The van der Waals surface area contributed by atoms with Crippen molar-refractivity contribution in [3.05, 3.63) is 29.6 Å². The summed E-state index contributed by atoms with van der Waals surface area (Å²) in [4.78, 5) is 11.2. The first kappa shape index (κ1) is 13.8. The molecule has 2 unspecified atom stereocenters. The molecule has 1 amide bonds. The van der Waals surface area contributed by atoms with Gasteiger partial charge in [-0.25, -0.2) is 4.39 Å². The van der Waals surface area contributed by atoms with Crippen LogP contribution in [-0.2, 0) is 4.74 Å². The highest BCUT2D eigenvalue weighted by Gasteiger charge is 2.20. The van der Waals surface area contributed by atoms with E-state index in [0.717, 1.165) is 12.6 Å². The summed E-state index contributed by atoms with van der Waals surface area (Å²) in [5.74, 6) is -0.966. The van der Waals surface area contributed by atoms with Crippen LogP contribution in [0.25, 0.3) is 0 Å². The molecule has 0 aliphatic carbocycles. The fourth-order valence-corrected chi connectivity index (χ4v) is 1.97. The van der Waals surface area contributed by atoms with Crippen LogP contribution in [0.5, 0.6) is 5.75 Å². The molecular weight excluding hydrogens is 251 g/mol. The molecule has 1 heterocycles. The van der Waals surface area contributed by atoms with E-state index >= 15 is 0 Å². The quantitative estimate of drug-likeness (QED) is 0.842. The Morgan fingerprint density at radius 3 is 3.05 bits per heavy atom. The Labute approximate surface area is 110 Å². The third-order valence-corrected chi connectivity index (χ3v) is 2.86. The minimum atomic E-state index is -0.717. The molecule has 5 nitrogen and oxygen atoms in total. The van der Waals surface area contributed by atoms with E-state index in [2.05, 4.69) is 5.32 Å². The van der Waals surface area contributed by atoms with Gasteiger partial charge in [0.05, 0.1) is 11.7 Å². The maximum atomic E-state index is 13.1. The lowest BCUT2D eigenvalue weighted by Gasteiger charge is -2.28. The van der Waals surface area contributed by atoms with Crippen LogP contribution in [-0.4, -0.2) is 37.8 Å². The normalized spacial score (nSPS) is 23.1. The van der Waals surface area contributed by atoms with Crippen molar-refractivity contribution in [3.8, 4) is 5.75 Å². The molecule has 0 saturated carbocycles. The van der Waals surface area contributed by atoms with Crippen molar-refractivity contribution >= 4 is 5.91 Å². The third-order valence-electron chi connectivity index (χ3n) is 2.86. The monoisotopic (exact) mass is 268 g/mol. The van der Waals surface area contributed by atoms with Gasteiger partial charge in [0.2, 0.25) is 0 Å². The number of ether oxygens (including phenoxy) is 2.